The van der Waals surface area contributed by atoms with Crippen molar-refractivity contribution in [3.63, 3.8) is 0 Å². The lowest BCUT2D eigenvalue weighted by molar-refractivity contribution is -0.150. The number of nitrogens with zero attached hydrogens (tertiary/aromatic N) is 2. The Balaban J connectivity index is 2.30. The summed E-state index contributed by atoms with van der Waals surface area (Å²) in [4.78, 5) is 13.4. The second-order valence-electron chi connectivity index (χ2n) is 5.13. The van der Waals surface area contributed by atoms with Gasteiger partial charge in [0.25, 0.3) is 0 Å². The molecular formula is C15H17FN2O2. The number of likely N-dealkylation sites (tertiary alicyclic amines) is 1. The van der Waals surface area contributed by atoms with Crippen LogP contribution < -0.4 is 0 Å². The highest BCUT2D eigenvalue weighted by Gasteiger charge is 2.46. The van der Waals surface area contributed by atoms with Crippen molar-refractivity contribution in [2.45, 2.75) is 38.3 Å². The van der Waals surface area contributed by atoms with E-state index in [4.69, 9.17) is 5.26 Å². The van der Waals surface area contributed by atoms with Gasteiger partial charge in [-0.15, -0.1) is 0 Å². The number of carboxylic acids is 1. The van der Waals surface area contributed by atoms with Crippen LogP contribution in [-0.2, 0) is 11.3 Å². The molecule has 20 heavy (non-hydrogen) atoms. The highest BCUT2D eigenvalue weighted by molar-refractivity contribution is 5.79. The molecule has 0 radical (unpaired) electrons. The molecule has 5 heteroatoms. The van der Waals surface area contributed by atoms with Gasteiger partial charge in [-0.05, 0) is 44.0 Å². The summed E-state index contributed by atoms with van der Waals surface area (Å²) in [5.74, 6) is -1.25. The van der Waals surface area contributed by atoms with E-state index in [0.717, 1.165) is 6.42 Å². The van der Waals surface area contributed by atoms with Gasteiger partial charge in [0.2, 0.25) is 0 Å². The van der Waals surface area contributed by atoms with Gasteiger partial charge in [0.05, 0.1) is 11.6 Å². The molecule has 0 saturated carbocycles. The van der Waals surface area contributed by atoms with Crippen LogP contribution in [0, 0.1) is 17.1 Å². The lowest BCUT2D eigenvalue weighted by Gasteiger charge is -2.34. The minimum atomic E-state index is -0.908. The van der Waals surface area contributed by atoms with Gasteiger partial charge in [0.15, 0.2) is 0 Å². The molecule has 0 amide bonds. The van der Waals surface area contributed by atoms with Crippen molar-refractivity contribution in [3.8, 4) is 6.07 Å². The maximum atomic E-state index is 13.8. The Morgan fingerprint density at radius 2 is 2.35 bits per heavy atom. The number of rotatable bonds is 4. The molecule has 0 bridgehead atoms. The fourth-order valence-corrected chi connectivity index (χ4v) is 2.93. The SMILES string of the molecule is CCC1(C(=O)O)CCCN1Cc1cc(C#N)ccc1F. The molecule has 1 aromatic rings. The van der Waals surface area contributed by atoms with Crippen molar-refractivity contribution >= 4 is 5.97 Å². The van der Waals surface area contributed by atoms with Crippen molar-refractivity contribution in [2.75, 3.05) is 6.54 Å². The first-order valence-electron chi connectivity index (χ1n) is 6.70. The van der Waals surface area contributed by atoms with Crippen LogP contribution in [0.1, 0.15) is 37.3 Å². The predicted molar refractivity (Wildman–Crippen MR) is 71.4 cm³/mol. The minimum absolute atomic E-state index is 0.224. The van der Waals surface area contributed by atoms with E-state index in [1.165, 1.54) is 18.2 Å². The molecule has 1 aliphatic rings. The Hall–Kier alpha value is -1.93. The molecule has 106 valence electrons. The van der Waals surface area contributed by atoms with Gasteiger partial charge in [-0.25, -0.2) is 4.39 Å². The molecule has 0 aliphatic carbocycles. The zero-order chi connectivity index (χ0) is 14.8. The first-order chi connectivity index (χ1) is 9.53. The van der Waals surface area contributed by atoms with Crippen molar-refractivity contribution < 1.29 is 14.3 Å². The van der Waals surface area contributed by atoms with Crippen LogP contribution in [-0.4, -0.2) is 28.1 Å². The quantitative estimate of drug-likeness (QED) is 0.917. The van der Waals surface area contributed by atoms with Gasteiger partial charge in [-0.2, -0.15) is 5.26 Å². The van der Waals surface area contributed by atoms with Crippen LogP contribution in [0.3, 0.4) is 0 Å². The minimum Gasteiger partial charge on any atom is -0.480 e. The average Bonchev–Trinajstić information content (AvgIpc) is 2.85. The third kappa shape index (κ3) is 2.39. The number of aliphatic carboxylic acids is 1. The predicted octanol–water partition coefficient (Wildman–Crippen LogP) is 2.53. The lowest BCUT2D eigenvalue weighted by atomic mass is 9.92. The third-order valence-corrected chi connectivity index (χ3v) is 4.14. The van der Waals surface area contributed by atoms with Crippen LogP contribution in [0.15, 0.2) is 18.2 Å². The number of nitriles is 1. The van der Waals surface area contributed by atoms with E-state index < -0.39 is 17.3 Å². The molecule has 4 nitrogen and oxygen atoms in total. The number of hydrogen-bond acceptors (Lipinski definition) is 3. The molecule has 0 aromatic heterocycles. The van der Waals surface area contributed by atoms with E-state index in [-0.39, 0.29) is 6.54 Å². The molecule has 2 rings (SSSR count). The molecule has 1 fully saturated rings. The Morgan fingerprint density at radius 3 is 2.95 bits per heavy atom. The number of benzene rings is 1. The first kappa shape index (κ1) is 14.5. The largest absolute Gasteiger partial charge is 0.480 e. The average molecular weight is 276 g/mol. The van der Waals surface area contributed by atoms with E-state index in [9.17, 15) is 14.3 Å². The maximum absolute atomic E-state index is 13.8. The van der Waals surface area contributed by atoms with E-state index in [1.807, 2.05) is 17.9 Å². The summed E-state index contributed by atoms with van der Waals surface area (Å²) in [6.45, 7) is 2.70. The van der Waals surface area contributed by atoms with Crippen LogP contribution in [0.25, 0.3) is 0 Å². The standard InChI is InChI=1S/C15H17FN2O2/c1-2-15(14(19)20)6-3-7-18(15)10-12-8-11(9-17)4-5-13(12)16/h4-5,8H,2-3,6-7,10H2,1H3,(H,19,20). The summed E-state index contributed by atoms with van der Waals surface area (Å²) in [7, 11) is 0. The second kappa shape index (κ2) is 5.59. The molecule has 1 heterocycles. The van der Waals surface area contributed by atoms with E-state index in [1.54, 1.807) is 0 Å². The van der Waals surface area contributed by atoms with E-state index >= 15 is 0 Å². The normalized spacial score (nSPS) is 22.6. The molecule has 1 saturated heterocycles. The van der Waals surface area contributed by atoms with Crippen molar-refractivity contribution in [3.05, 3.63) is 35.1 Å². The first-order valence-corrected chi connectivity index (χ1v) is 6.70. The second-order valence-corrected chi connectivity index (χ2v) is 5.13. The Bertz CT molecular complexity index is 567. The van der Waals surface area contributed by atoms with Crippen LogP contribution in [0.2, 0.25) is 0 Å². The monoisotopic (exact) mass is 276 g/mol. The van der Waals surface area contributed by atoms with Gasteiger partial charge < -0.3 is 5.11 Å². The van der Waals surface area contributed by atoms with Gasteiger partial charge in [0, 0.05) is 12.1 Å². The Kier molecular flexibility index (Phi) is 4.05. The van der Waals surface area contributed by atoms with Gasteiger partial charge in [-0.1, -0.05) is 6.92 Å². The number of hydrogen-bond donors (Lipinski definition) is 1. The maximum Gasteiger partial charge on any atom is 0.324 e. The van der Waals surface area contributed by atoms with Gasteiger partial charge in [-0.3, -0.25) is 9.69 Å². The van der Waals surface area contributed by atoms with Crippen molar-refractivity contribution in [2.24, 2.45) is 0 Å². The smallest absolute Gasteiger partial charge is 0.324 e. The molecule has 1 aromatic carbocycles. The molecule has 0 spiro atoms. The van der Waals surface area contributed by atoms with Gasteiger partial charge in [0.1, 0.15) is 11.4 Å². The van der Waals surface area contributed by atoms with Gasteiger partial charge >= 0.3 is 5.97 Å². The molecule has 1 N–H and O–H groups in total. The summed E-state index contributed by atoms with van der Waals surface area (Å²) >= 11 is 0. The van der Waals surface area contributed by atoms with E-state index in [2.05, 4.69) is 0 Å². The highest BCUT2D eigenvalue weighted by atomic mass is 19.1. The molecule has 1 unspecified atom stereocenters. The van der Waals surface area contributed by atoms with Crippen LogP contribution in [0.4, 0.5) is 4.39 Å². The summed E-state index contributed by atoms with van der Waals surface area (Å²) in [6.07, 6.45) is 1.86. The fraction of sp³-hybridized carbons (Fsp3) is 0.467. The lowest BCUT2D eigenvalue weighted by Crippen LogP contribution is -2.49. The highest BCUT2D eigenvalue weighted by Crippen LogP contribution is 2.34. The third-order valence-electron chi connectivity index (χ3n) is 4.14. The number of carboxylic acid groups (broad SMARTS) is 1. The van der Waals surface area contributed by atoms with Crippen molar-refractivity contribution in [1.29, 1.82) is 5.26 Å². The molecule has 1 aliphatic heterocycles. The van der Waals surface area contributed by atoms with Crippen LogP contribution in [0.5, 0.6) is 0 Å². The summed E-state index contributed by atoms with van der Waals surface area (Å²) in [6, 6.07) is 6.16. The topological polar surface area (TPSA) is 64.3 Å². The van der Waals surface area contributed by atoms with E-state index in [0.29, 0.717) is 30.5 Å². The molecule has 1 atom stereocenters. The summed E-state index contributed by atoms with van der Waals surface area (Å²) < 4.78 is 13.8. The fourth-order valence-electron chi connectivity index (χ4n) is 2.93. The zero-order valence-corrected chi connectivity index (χ0v) is 11.4. The summed E-state index contributed by atoms with van der Waals surface area (Å²) in [5, 5.41) is 18.4. The zero-order valence-electron chi connectivity index (χ0n) is 11.4. The molecular weight excluding hydrogens is 259 g/mol. The number of halogens is 1. The van der Waals surface area contributed by atoms with Crippen molar-refractivity contribution in [1.82, 2.24) is 4.90 Å². The Morgan fingerprint density at radius 1 is 1.60 bits per heavy atom. The Labute approximate surface area is 117 Å². The summed E-state index contributed by atoms with van der Waals surface area (Å²) in [5.41, 5.74) is -0.141. The van der Waals surface area contributed by atoms with Crippen LogP contribution >= 0.6 is 0 Å². The number of carbonyl (C=O) groups is 1.